The minimum Gasteiger partial charge on any atom is -0.454 e. The molecule has 29 heavy (non-hydrogen) atoms. The van der Waals surface area contributed by atoms with E-state index in [1.54, 1.807) is 30.3 Å². The molecule has 0 spiro atoms. The summed E-state index contributed by atoms with van der Waals surface area (Å²) in [5.41, 5.74) is 1.98. The highest BCUT2D eigenvalue weighted by Gasteiger charge is 2.16. The molecule has 0 fully saturated rings. The van der Waals surface area contributed by atoms with Gasteiger partial charge < -0.3 is 9.47 Å². The number of ether oxygens (including phenoxy) is 2. The summed E-state index contributed by atoms with van der Waals surface area (Å²) in [4.78, 5) is 36.0. The summed E-state index contributed by atoms with van der Waals surface area (Å²) in [6.07, 6.45) is 0. The van der Waals surface area contributed by atoms with Crippen LogP contribution in [0.25, 0.3) is 11.1 Å². The van der Waals surface area contributed by atoms with Gasteiger partial charge in [-0.15, -0.1) is 0 Å². The molecule has 0 aromatic heterocycles. The molecule has 0 atom stereocenters. The van der Waals surface area contributed by atoms with Crippen molar-refractivity contribution in [3.8, 4) is 16.9 Å². The Morgan fingerprint density at radius 2 is 1.52 bits per heavy atom. The van der Waals surface area contributed by atoms with Gasteiger partial charge in [-0.05, 0) is 48.0 Å². The van der Waals surface area contributed by atoms with E-state index in [2.05, 4.69) is 0 Å². The van der Waals surface area contributed by atoms with Gasteiger partial charge in [0.15, 0.2) is 12.4 Å². The van der Waals surface area contributed by atoms with Crippen LogP contribution in [0.15, 0.2) is 72.8 Å². The molecule has 5 nitrogen and oxygen atoms in total. The zero-order valence-electron chi connectivity index (χ0n) is 15.6. The van der Waals surface area contributed by atoms with Gasteiger partial charge in [-0.2, -0.15) is 0 Å². The smallest absolute Gasteiger partial charge is 0.338 e. The van der Waals surface area contributed by atoms with E-state index in [0.717, 1.165) is 5.56 Å². The van der Waals surface area contributed by atoms with E-state index < -0.39 is 18.5 Å². The fraction of sp³-hybridized carbons (Fsp3) is 0.0870. The number of hydrogen-bond donors (Lipinski definition) is 0. The van der Waals surface area contributed by atoms with Crippen molar-refractivity contribution in [2.75, 3.05) is 6.61 Å². The van der Waals surface area contributed by atoms with Gasteiger partial charge in [0.1, 0.15) is 5.75 Å². The number of esters is 2. The molecule has 0 amide bonds. The first-order valence-electron chi connectivity index (χ1n) is 8.78. The van der Waals surface area contributed by atoms with Crippen molar-refractivity contribution < 1.29 is 23.9 Å². The maximum absolute atomic E-state index is 12.4. The Balaban J connectivity index is 1.79. The third kappa shape index (κ3) is 5.30. The Kier molecular flexibility index (Phi) is 6.42. The minimum absolute atomic E-state index is 0.240. The molecule has 0 aliphatic carbocycles. The van der Waals surface area contributed by atoms with Crippen LogP contribution in [-0.2, 0) is 9.53 Å². The van der Waals surface area contributed by atoms with E-state index >= 15 is 0 Å². The lowest BCUT2D eigenvalue weighted by molar-refractivity contribution is -0.131. The maximum atomic E-state index is 12.4. The minimum atomic E-state index is -0.654. The number of rotatable bonds is 6. The number of benzene rings is 3. The standard InChI is InChI=1S/C23H17ClO5/c1-15(25)29-22-12-9-18(13-20(22)16-5-3-2-4-6-16)23(27)28-14-21(26)17-7-10-19(24)11-8-17/h2-13H,14H2,1H3. The maximum Gasteiger partial charge on any atom is 0.338 e. The third-order valence-electron chi connectivity index (χ3n) is 4.05. The highest BCUT2D eigenvalue weighted by atomic mass is 35.5. The summed E-state index contributed by atoms with van der Waals surface area (Å²) >= 11 is 5.81. The van der Waals surface area contributed by atoms with E-state index in [9.17, 15) is 14.4 Å². The van der Waals surface area contributed by atoms with Crippen LogP contribution in [0.4, 0.5) is 0 Å². The highest BCUT2D eigenvalue weighted by molar-refractivity contribution is 6.30. The van der Waals surface area contributed by atoms with E-state index in [-0.39, 0.29) is 11.3 Å². The van der Waals surface area contributed by atoms with Gasteiger partial charge in [-0.1, -0.05) is 41.9 Å². The quantitative estimate of drug-likeness (QED) is 0.327. The molecule has 0 saturated carbocycles. The van der Waals surface area contributed by atoms with Gasteiger partial charge in [-0.3, -0.25) is 9.59 Å². The third-order valence-corrected chi connectivity index (χ3v) is 4.31. The monoisotopic (exact) mass is 408 g/mol. The Labute approximate surface area is 172 Å². The van der Waals surface area contributed by atoms with E-state index in [1.807, 2.05) is 30.3 Å². The lowest BCUT2D eigenvalue weighted by Gasteiger charge is -2.11. The lowest BCUT2D eigenvalue weighted by atomic mass is 10.0. The predicted octanol–water partition coefficient (Wildman–Crippen LogP) is 4.97. The number of halogens is 1. The first-order valence-corrected chi connectivity index (χ1v) is 9.15. The van der Waals surface area contributed by atoms with Crippen molar-refractivity contribution >= 4 is 29.3 Å². The van der Waals surface area contributed by atoms with E-state index in [1.165, 1.54) is 19.1 Å². The molecule has 3 aromatic rings. The number of carbonyl (C=O) groups excluding carboxylic acids is 3. The first kappa shape index (κ1) is 20.3. The topological polar surface area (TPSA) is 69.7 Å². The summed E-state index contributed by atoms with van der Waals surface area (Å²) in [5.74, 6) is -1.13. The number of ketones is 1. The molecular formula is C23H17ClO5. The fourth-order valence-electron chi connectivity index (χ4n) is 2.68. The van der Waals surface area contributed by atoms with Gasteiger partial charge in [-0.25, -0.2) is 4.79 Å². The second-order valence-corrected chi connectivity index (χ2v) is 6.61. The second kappa shape index (κ2) is 9.17. The van der Waals surface area contributed by atoms with Crippen LogP contribution in [0, 0.1) is 0 Å². The molecule has 0 saturated heterocycles. The number of carbonyl (C=O) groups is 3. The van der Waals surface area contributed by atoms with Crippen LogP contribution >= 0.6 is 11.6 Å². The van der Waals surface area contributed by atoms with Crippen molar-refractivity contribution in [3.05, 3.63) is 88.9 Å². The van der Waals surface area contributed by atoms with Crippen LogP contribution in [0.5, 0.6) is 5.75 Å². The van der Waals surface area contributed by atoms with Gasteiger partial charge in [0.25, 0.3) is 0 Å². The van der Waals surface area contributed by atoms with Crippen molar-refractivity contribution in [1.29, 1.82) is 0 Å². The normalized spacial score (nSPS) is 10.3. The summed E-state index contributed by atoms with van der Waals surface area (Å²) in [6.45, 7) is 0.909. The van der Waals surface area contributed by atoms with Crippen LogP contribution in [0.3, 0.4) is 0 Å². The van der Waals surface area contributed by atoms with Crippen LogP contribution in [0.2, 0.25) is 5.02 Å². The molecule has 146 valence electrons. The molecule has 0 aliphatic rings. The molecular weight excluding hydrogens is 392 g/mol. The molecule has 6 heteroatoms. The van der Waals surface area contributed by atoms with Gasteiger partial charge in [0.05, 0.1) is 5.56 Å². The summed E-state index contributed by atoms with van der Waals surface area (Å²) in [6, 6.07) is 20.1. The van der Waals surface area contributed by atoms with E-state index in [4.69, 9.17) is 21.1 Å². The van der Waals surface area contributed by atoms with Crippen LogP contribution < -0.4 is 4.74 Å². The van der Waals surface area contributed by atoms with Gasteiger partial charge in [0.2, 0.25) is 0 Å². The van der Waals surface area contributed by atoms with Crippen molar-refractivity contribution in [2.45, 2.75) is 6.92 Å². The molecule has 0 bridgehead atoms. The first-order chi connectivity index (χ1) is 13.9. The Hall–Kier alpha value is -3.44. The molecule has 0 heterocycles. The number of hydrogen-bond acceptors (Lipinski definition) is 5. The molecule has 3 rings (SSSR count). The largest absolute Gasteiger partial charge is 0.454 e. The van der Waals surface area contributed by atoms with Crippen molar-refractivity contribution in [1.82, 2.24) is 0 Å². The van der Waals surface area contributed by atoms with Gasteiger partial charge >= 0.3 is 11.9 Å². The van der Waals surface area contributed by atoms with Crippen LogP contribution in [0.1, 0.15) is 27.6 Å². The van der Waals surface area contributed by atoms with Crippen molar-refractivity contribution in [2.24, 2.45) is 0 Å². The fourth-order valence-corrected chi connectivity index (χ4v) is 2.80. The SMILES string of the molecule is CC(=O)Oc1ccc(C(=O)OCC(=O)c2ccc(Cl)cc2)cc1-c1ccccc1. The van der Waals surface area contributed by atoms with Crippen LogP contribution in [-0.4, -0.2) is 24.3 Å². The lowest BCUT2D eigenvalue weighted by Crippen LogP contribution is -2.14. The van der Waals surface area contributed by atoms with E-state index in [0.29, 0.717) is 21.9 Å². The molecule has 0 radical (unpaired) electrons. The summed E-state index contributed by atoms with van der Waals surface area (Å²) in [5, 5.41) is 0.514. The van der Waals surface area contributed by atoms with Gasteiger partial charge in [0, 0.05) is 23.1 Å². The zero-order chi connectivity index (χ0) is 20.8. The highest BCUT2D eigenvalue weighted by Crippen LogP contribution is 2.31. The molecule has 0 unspecified atom stereocenters. The zero-order valence-corrected chi connectivity index (χ0v) is 16.3. The second-order valence-electron chi connectivity index (χ2n) is 6.18. The molecule has 3 aromatic carbocycles. The average Bonchev–Trinajstić information content (AvgIpc) is 2.73. The Bertz CT molecular complexity index is 1040. The summed E-state index contributed by atoms with van der Waals surface area (Å²) in [7, 11) is 0. The Morgan fingerprint density at radius 3 is 2.17 bits per heavy atom. The predicted molar refractivity (Wildman–Crippen MR) is 109 cm³/mol. The average molecular weight is 409 g/mol. The molecule has 0 aliphatic heterocycles. The summed E-state index contributed by atoms with van der Waals surface area (Å²) < 4.78 is 10.4. The Morgan fingerprint density at radius 1 is 0.862 bits per heavy atom. The molecule has 0 N–H and O–H groups in total. The van der Waals surface area contributed by atoms with Crippen molar-refractivity contribution in [3.63, 3.8) is 0 Å². The number of Topliss-reactive ketones (excluding diaryl/α,β-unsaturated/α-hetero) is 1.